The van der Waals surface area contributed by atoms with Gasteiger partial charge in [0.1, 0.15) is 0 Å². The van der Waals surface area contributed by atoms with Crippen molar-refractivity contribution in [3.8, 4) is 0 Å². The lowest BCUT2D eigenvalue weighted by Crippen LogP contribution is -2.71. The second kappa shape index (κ2) is 7.02. The third-order valence-electron chi connectivity index (χ3n) is 1.79. The van der Waals surface area contributed by atoms with Gasteiger partial charge in [0.2, 0.25) is 17.7 Å². The van der Waals surface area contributed by atoms with Gasteiger partial charge >= 0.3 is 0 Å². The minimum Gasteiger partial charge on any atom is -0.347 e. The molecule has 0 aromatic rings. The molecule has 0 spiro atoms. The van der Waals surface area contributed by atoms with Gasteiger partial charge in [0.15, 0.2) is 5.79 Å². The van der Waals surface area contributed by atoms with Gasteiger partial charge in [0.25, 0.3) is 0 Å². The third kappa shape index (κ3) is 5.61. The van der Waals surface area contributed by atoms with E-state index in [2.05, 4.69) is 35.7 Å². The summed E-state index contributed by atoms with van der Waals surface area (Å²) in [5, 5.41) is 6.91. The predicted molar refractivity (Wildman–Crippen MR) is 66.8 cm³/mol. The topological polar surface area (TPSA) is 113 Å². The molecule has 0 aromatic heterocycles. The van der Waals surface area contributed by atoms with Crippen molar-refractivity contribution in [2.45, 2.75) is 5.79 Å². The summed E-state index contributed by atoms with van der Waals surface area (Å²) in [6.07, 6.45) is 3.00. The Bertz CT molecular complexity index is 368. The van der Waals surface area contributed by atoms with Crippen LogP contribution in [0.5, 0.6) is 0 Å². The van der Waals surface area contributed by atoms with E-state index in [1.165, 1.54) is 0 Å². The summed E-state index contributed by atoms with van der Waals surface area (Å²) in [5.74, 6) is -3.34. The number of nitrogens with two attached hydrogens (primary N) is 1. The quantitative estimate of drug-likeness (QED) is 0.326. The van der Waals surface area contributed by atoms with Crippen LogP contribution in [0, 0.1) is 0 Å². The molecule has 0 rings (SSSR count). The van der Waals surface area contributed by atoms with Crippen LogP contribution in [0.15, 0.2) is 38.0 Å². The van der Waals surface area contributed by atoms with Crippen LogP contribution < -0.4 is 21.7 Å². The number of hydrogen-bond acceptors (Lipinski definition) is 4. The second-order valence-electron chi connectivity index (χ2n) is 3.28. The van der Waals surface area contributed by atoms with Gasteiger partial charge in [-0.05, 0) is 18.2 Å². The van der Waals surface area contributed by atoms with Crippen LogP contribution >= 0.6 is 0 Å². The second-order valence-corrected chi connectivity index (χ2v) is 3.28. The van der Waals surface area contributed by atoms with Crippen molar-refractivity contribution in [3.05, 3.63) is 38.0 Å². The highest BCUT2D eigenvalue weighted by Crippen LogP contribution is 1.91. The average Bonchev–Trinajstić information content (AvgIpc) is 2.35. The van der Waals surface area contributed by atoms with E-state index < -0.39 is 23.5 Å². The van der Waals surface area contributed by atoms with Crippen LogP contribution in [0.2, 0.25) is 0 Å². The van der Waals surface area contributed by atoms with Gasteiger partial charge < -0.3 is 16.0 Å². The standard InChI is InChI=1S/C11H16N4O3/c1-4-8(16)13-7-11(12,14-9(17)5-2)15-10(18)6-3/h4-6H,1-3,7,12H2,(H,13,16)(H,14,17)(H,15,18). The van der Waals surface area contributed by atoms with E-state index in [9.17, 15) is 14.4 Å². The van der Waals surface area contributed by atoms with Crippen LogP contribution in [0.25, 0.3) is 0 Å². The van der Waals surface area contributed by atoms with Crippen molar-refractivity contribution in [1.82, 2.24) is 16.0 Å². The Kier molecular flexibility index (Phi) is 6.08. The van der Waals surface area contributed by atoms with Crippen LogP contribution in [0.3, 0.4) is 0 Å². The van der Waals surface area contributed by atoms with Gasteiger partial charge in [-0.1, -0.05) is 19.7 Å². The van der Waals surface area contributed by atoms with E-state index in [0.717, 1.165) is 18.2 Å². The molecule has 0 unspecified atom stereocenters. The zero-order valence-electron chi connectivity index (χ0n) is 9.86. The highest BCUT2D eigenvalue weighted by atomic mass is 16.2. The minimum absolute atomic E-state index is 0.225. The molecule has 0 atom stereocenters. The molecule has 0 aromatic carbocycles. The van der Waals surface area contributed by atoms with Crippen molar-refractivity contribution in [2.75, 3.05) is 6.54 Å². The lowest BCUT2D eigenvalue weighted by molar-refractivity contribution is -0.123. The van der Waals surface area contributed by atoms with Crippen LogP contribution in [0.4, 0.5) is 0 Å². The molecule has 5 N–H and O–H groups in total. The average molecular weight is 252 g/mol. The van der Waals surface area contributed by atoms with E-state index in [0.29, 0.717) is 0 Å². The molecular weight excluding hydrogens is 236 g/mol. The number of nitrogens with one attached hydrogen (secondary N) is 3. The van der Waals surface area contributed by atoms with Crippen molar-refractivity contribution in [3.63, 3.8) is 0 Å². The van der Waals surface area contributed by atoms with Crippen molar-refractivity contribution in [1.29, 1.82) is 0 Å². The number of carbonyl (C=O) groups is 3. The predicted octanol–water partition coefficient (Wildman–Crippen LogP) is -1.49. The third-order valence-corrected chi connectivity index (χ3v) is 1.79. The number of hydrogen-bond donors (Lipinski definition) is 4. The Morgan fingerprint density at radius 1 is 0.944 bits per heavy atom. The van der Waals surface area contributed by atoms with Crippen molar-refractivity contribution < 1.29 is 14.4 Å². The first-order valence-electron chi connectivity index (χ1n) is 4.95. The molecule has 0 aliphatic heterocycles. The van der Waals surface area contributed by atoms with Gasteiger partial charge in [-0.15, -0.1) is 0 Å². The number of amides is 3. The smallest absolute Gasteiger partial charge is 0.246 e. The van der Waals surface area contributed by atoms with Gasteiger partial charge in [0.05, 0.1) is 6.54 Å². The molecule has 0 radical (unpaired) electrons. The number of carbonyl (C=O) groups excluding carboxylic acids is 3. The summed E-state index contributed by atoms with van der Waals surface area (Å²) in [7, 11) is 0. The first-order chi connectivity index (χ1) is 8.36. The maximum atomic E-state index is 11.2. The molecule has 0 bridgehead atoms. The Balaban J connectivity index is 4.77. The van der Waals surface area contributed by atoms with Gasteiger partial charge in [0, 0.05) is 0 Å². The van der Waals surface area contributed by atoms with Crippen LogP contribution in [-0.2, 0) is 14.4 Å². The SMILES string of the molecule is C=CC(=O)NCC(N)(NC(=O)C=C)NC(=O)C=C. The van der Waals surface area contributed by atoms with Gasteiger partial charge in [-0.2, -0.15) is 0 Å². The lowest BCUT2D eigenvalue weighted by Gasteiger charge is -2.30. The molecule has 0 aliphatic carbocycles. The highest BCUT2D eigenvalue weighted by molar-refractivity contribution is 5.91. The molecular formula is C11H16N4O3. The maximum absolute atomic E-state index is 11.2. The zero-order chi connectivity index (χ0) is 14.2. The van der Waals surface area contributed by atoms with Crippen molar-refractivity contribution in [2.24, 2.45) is 5.73 Å². The lowest BCUT2D eigenvalue weighted by atomic mass is 10.3. The molecule has 7 nitrogen and oxygen atoms in total. The van der Waals surface area contributed by atoms with Crippen LogP contribution in [-0.4, -0.2) is 30.1 Å². The minimum atomic E-state index is -1.64. The Labute approximate surface area is 105 Å². The van der Waals surface area contributed by atoms with E-state index in [-0.39, 0.29) is 6.54 Å². The molecule has 0 saturated carbocycles. The van der Waals surface area contributed by atoms with Crippen LogP contribution in [0.1, 0.15) is 0 Å². The first kappa shape index (κ1) is 15.6. The van der Waals surface area contributed by atoms with E-state index in [1.807, 2.05) is 0 Å². The molecule has 3 amide bonds. The summed E-state index contributed by atoms with van der Waals surface area (Å²) in [4.78, 5) is 33.4. The normalized spacial score (nSPS) is 9.83. The Hall–Kier alpha value is -2.41. The zero-order valence-corrected chi connectivity index (χ0v) is 9.86. The fraction of sp³-hybridized carbons (Fsp3) is 0.182. The molecule has 0 aliphatic rings. The molecule has 0 fully saturated rings. The molecule has 0 heterocycles. The van der Waals surface area contributed by atoms with Gasteiger partial charge in [-0.25, -0.2) is 0 Å². The molecule has 18 heavy (non-hydrogen) atoms. The summed E-state index contributed by atoms with van der Waals surface area (Å²) in [5.41, 5.74) is 5.75. The van der Waals surface area contributed by atoms with E-state index in [4.69, 9.17) is 5.73 Å². The molecule has 7 heteroatoms. The monoisotopic (exact) mass is 252 g/mol. The van der Waals surface area contributed by atoms with E-state index >= 15 is 0 Å². The van der Waals surface area contributed by atoms with E-state index in [1.54, 1.807) is 0 Å². The molecule has 0 saturated heterocycles. The first-order valence-corrected chi connectivity index (χ1v) is 4.95. The maximum Gasteiger partial charge on any atom is 0.246 e. The summed E-state index contributed by atoms with van der Waals surface area (Å²) in [6.45, 7) is 9.53. The van der Waals surface area contributed by atoms with Gasteiger partial charge in [-0.3, -0.25) is 20.1 Å². The number of rotatable bonds is 7. The Morgan fingerprint density at radius 3 is 1.67 bits per heavy atom. The van der Waals surface area contributed by atoms with Crippen molar-refractivity contribution >= 4 is 17.7 Å². The Morgan fingerprint density at radius 2 is 1.33 bits per heavy atom. The summed E-state index contributed by atoms with van der Waals surface area (Å²) >= 11 is 0. The largest absolute Gasteiger partial charge is 0.347 e. The fourth-order valence-electron chi connectivity index (χ4n) is 0.960. The molecule has 98 valence electrons. The highest BCUT2D eigenvalue weighted by Gasteiger charge is 2.27. The summed E-state index contributed by atoms with van der Waals surface area (Å²) < 4.78 is 0. The fourth-order valence-corrected chi connectivity index (χ4v) is 0.960. The summed E-state index contributed by atoms with van der Waals surface area (Å²) in [6, 6.07) is 0.